The number of rotatable bonds is 2. The Morgan fingerprint density at radius 3 is 2.46 bits per heavy atom. The summed E-state index contributed by atoms with van der Waals surface area (Å²) in [6.07, 6.45) is -4.63. The van der Waals surface area contributed by atoms with Crippen LogP contribution in [0.1, 0.15) is 26.6 Å². The molecule has 0 radical (unpaired) electrons. The van der Waals surface area contributed by atoms with Gasteiger partial charge in [-0.25, -0.2) is 0 Å². The third-order valence-corrected chi connectivity index (χ3v) is 3.58. The van der Waals surface area contributed by atoms with Gasteiger partial charge >= 0.3 is 6.18 Å². The fraction of sp³-hybridized carbons (Fsp3) is 0.571. The quantitative estimate of drug-likeness (QED) is 0.895. The molecule has 1 saturated heterocycles. The zero-order valence-electron chi connectivity index (χ0n) is 13.4. The van der Waals surface area contributed by atoms with Gasteiger partial charge in [0.2, 0.25) is 5.91 Å². The highest BCUT2D eigenvalue weighted by atomic mass is 19.4. The monoisotopic (exact) mass is 342 g/mol. The molecule has 24 heavy (non-hydrogen) atoms. The zero-order chi connectivity index (χ0) is 17.7. The predicted octanol–water partition coefficient (Wildman–Crippen LogP) is 1.49. The fourth-order valence-electron chi connectivity index (χ4n) is 2.43. The summed E-state index contributed by atoms with van der Waals surface area (Å²) in [6.45, 7) is 6.48. The Balaban J connectivity index is 1.74. The van der Waals surface area contributed by atoms with Gasteiger partial charge in [-0.2, -0.15) is 17.7 Å². The van der Waals surface area contributed by atoms with Gasteiger partial charge < -0.3 is 10.2 Å². The Morgan fingerprint density at radius 2 is 1.88 bits per heavy atom. The van der Waals surface area contributed by atoms with Crippen LogP contribution < -0.4 is 10.2 Å². The number of hydrogen-bond acceptors (Lipinski definition) is 5. The van der Waals surface area contributed by atoms with Crippen LogP contribution in [0.5, 0.6) is 0 Å². The molecular formula is C14H17F3N6O. The molecule has 1 fully saturated rings. The lowest BCUT2D eigenvalue weighted by Gasteiger charge is -2.40. The summed E-state index contributed by atoms with van der Waals surface area (Å²) in [4.78, 5) is 13.8. The Hall–Kier alpha value is -2.39. The van der Waals surface area contributed by atoms with Crippen molar-refractivity contribution in [1.82, 2.24) is 25.1 Å². The molecule has 0 bridgehead atoms. The molecule has 0 spiro atoms. The van der Waals surface area contributed by atoms with E-state index in [1.54, 1.807) is 11.0 Å². The number of alkyl halides is 3. The van der Waals surface area contributed by atoms with Gasteiger partial charge in [0.25, 0.3) is 5.82 Å². The molecule has 0 saturated carbocycles. The molecule has 1 N–H and O–H groups in total. The number of anilines is 1. The number of hydrogen-bond donors (Lipinski definition) is 1. The summed E-state index contributed by atoms with van der Waals surface area (Å²) in [7, 11) is 0. The second-order valence-corrected chi connectivity index (χ2v) is 6.82. The molecule has 130 valence electrons. The predicted molar refractivity (Wildman–Crippen MR) is 79.4 cm³/mol. The van der Waals surface area contributed by atoms with E-state index in [1.165, 1.54) is 6.07 Å². The molecular weight excluding hydrogens is 325 g/mol. The summed E-state index contributed by atoms with van der Waals surface area (Å²) in [6, 6.07) is 3.00. The number of nitrogens with zero attached hydrogens (tertiary/aromatic N) is 5. The van der Waals surface area contributed by atoms with Crippen LogP contribution >= 0.6 is 0 Å². The van der Waals surface area contributed by atoms with Crippen LogP contribution in [0.2, 0.25) is 0 Å². The van der Waals surface area contributed by atoms with Crippen molar-refractivity contribution in [2.75, 3.05) is 18.0 Å². The largest absolute Gasteiger partial charge is 0.453 e. The van der Waals surface area contributed by atoms with E-state index in [2.05, 4.69) is 20.6 Å². The summed E-state index contributed by atoms with van der Waals surface area (Å²) < 4.78 is 39.3. The van der Waals surface area contributed by atoms with E-state index < -0.39 is 12.0 Å². The minimum atomic E-state index is -4.63. The highest BCUT2D eigenvalue weighted by molar-refractivity contribution is 5.82. The number of halogens is 3. The van der Waals surface area contributed by atoms with E-state index >= 15 is 0 Å². The van der Waals surface area contributed by atoms with Crippen LogP contribution in [0.25, 0.3) is 5.65 Å². The second kappa shape index (κ2) is 5.32. The minimum absolute atomic E-state index is 0.0219. The minimum Gasteiger partial charge on any atom is -0.353 e. The third-order valence-electron chi connectivity index (χ3n) is 3.58. The maximum atomic E-state index is 12.9. The van der Waals surface area contributed by atoms with Gasteiger partial charge in [-0.15, -0.1) is 15.3 Å². The zero-order valence-corrected chi connectivity index (χ0v) is 13.4. The summed E-state index contributed by atoms with van der Waals surface area (Å²) in [5.74, 6) is -1.08. The first-order valence-corrected chi connectivity index (χ1v) is 7.41. The van der Waals surface area contributed by atoms with Gasteiger partial charge in [0.15, 0.2) is 5.65 Å². The Labute approximate surface area is 135 Å². The van der Waals surface area contributed by atoms with Crippen LogP contribution in [0, 0.1) is 5.92 Å². The molecule has 3 heterocycles. The van der Waals surface area contributed by atoms with E-state index in [-0.39, 0.29) is 23.0 Å². The number of nitrogens with one attached hydrogen (secondary N) is 1. The van der Waals surface area contributed by atoms with Crippen molar-refractivity contribution in [3.05, 3.63) is 18.0 Å². The van der Waals surface area contributed by atoms with Gasteiger partial charge in [-0.05, 0) is 32.9 Å². The molecule has 10 heteroatoms. The Kier molecular flexibility index (Phi) is 3.65. The lowest BCUT2D eigenvalue weighted by Crippen LogP contribution is -2.56. The van der Waals surface area contributed by atoms with Crippen LogP contribution in [0.15, 0.2) is 12.1 Å². The van der Waals surface area contributed by atoms with Crippen LogP contribution in [-0.4, -0.2) is 44.3 Å². The van der Waals surface area contributed by atoms with Crippen molar-refractivity contribution in [1.29, 1.82) is 0 Å². The molecule has 3 rings (SSSR count). The average molecular weight is 342 g/mol. The number of amides is 1. The molecule has 2 aromatic heterocycles. The topological polar surface area (TPSA) is 75.4 Å². The van der Waals surface area contributed by atoms with Gasteiger partial charge in [0, 0.05) is 18.6 Å². The van der Waals surface area contributed by atoms with E-state index in [0.29, 0.717) is 23.4 Å². The molecule has 1 amide bonds. The summed E-state index contributed by atoms with van der Waals surface area (Å²) in [5, 5.41) is 13.4. The fourth-order valence-corrected chi connectivity index (χ4v) is 2.43. The second-order valence-electron chi connectivity index (χ2n) is 6.82. The maximum Gasteiger partial charge on any atom is 0.453 e. The van der Waals surface area contributed by atoms with Crippen molar-refractivity contribution in [2.45, 2.75) is 32.5 Å². The SMILES string of the molecule is CC(C)(C)NC(=O)C1CN(c2ccc3nnc(C(F)(F)F)n3n2)C1. The molecule has 7 nitrogen and oxygen atoms in total. The molecule has 1 aliphatic heterocycles. The number of carbonyl (C=O) groups is 1. The van der Waals surface area contributed by atoms with Crippen molar-refractivity contribution in [3.63, 3.8) is 0 Å². The normalized spacial score (nSPS) is 16.3. The molecule has 0 atom stereocenters. The third kappa shape index (κ3) is 3.13. The van der Waals surface area contributed by atoms with E-state index in [1.807, 2.05) is 20.8 Å². The van der Waals surface area contributed by atoms with Crippen molar-refractivity contribution in [3.8, 4) is 0 Å². The number of aromatic nitrogens is 4. The van der Waals surface area contributed by atoms with Crippen LogP contribution in [0.4, 0.5) is 19.0 Å². The molecule has 0 unspecified atom stereocenters. The first-order valence-electron chi connectivity index (χ1n) is 7.41. The smallest absolute Gasteiger partial charge is 0.353 e. The van der Waals surface area contributed by atoms with E-state index in [9.17, 15) is 18.0 Å². The Bertz CT molecular complexity index is 773. The van der Waals surface area contributed by atoms with Crippen molar-refractivity contribution in [2.24, 2.45) is 5.92 Å². The lowest BCUT2D eigenvalue weighted by molar-refractivity contribution is -0.146. The Morgan fingerprint density at radius 1 is 1.21 bits per heavy atom. The van der Waals surface area contributed by atoms with Gasteiger partial charge in [-0.3, -0.25) is 4.79 Å². The molecule has 2 aromatic rings. The maximum absolute atomic E-state index is 12.9. The average Bonchev–Trinajstić information content (AvgIpc) is 2.77. The highest BCUT2D eigenvalue weighted by Crippen LogP contribution is 2.29. The molecule has 0 aliphatic carbocycles. The first kappa shape index (κ1) is 16.5. The van der Waals surface area contributed by atoms with E-state index in [0.717, 1.165) is 0 Å². The summed E-state index contributed by atoms with van der Waals surface area (Å²) >= 11 is 0. The lowest BCUT2D eigenvalue weighted by atomic mass is 9.97. The molecule has 0 aromatic carbocycles. The van der Waals surface area contributed by atoms with Gasteiger partial charge in [0.1, 0.15) is 5.82 Å². The van der Waals surface area contributed by atoms with Gasteiger partial charge in [-0.1, -0.05) is 0 Å². The van der Waals surface area contributed by atoms with E-state index in [4.69, 9.17) is 0 Å². The number of carbonyl (C=O) groups excluding carboxylic acids is 1. The van der Waals surface area contributed by atoms with Crippen LogP contribution in [-0.2, 0) is 11.0 Å². The standard InChI is InChI=1S/C14H17F3N6O/c1-13(2,3)18-11(24)8-6-22(7-8)10-5-4-9-19-20-12(14(15,16)17)23(9)21-10/h4-5,8H,6-7H2,1-3H3,(H,18,24). The van der Waals surface area contributed by atoms with Crippen LogP contribution in [0.3, 0.4) is 0 Å². The number of fused-ring (bicyclic) bond motifs is 1. The first-order chi connectivity index (χ1) is 11.0. The highest BCUT2D eigenvalue weighted by Gasteiger charge is 2.39. The van der Waals surface area contributed by atoms with Gasteiger partial charge in [0.05, 0.1) is 5.92 Å². The molecule has 1 aliphatic rings. The van der Waals surface area contributed by atoms with Crippen molar-refractivity contribution >= 4 is 17.4 Å². The van der Waals surface area contributed by atoms with Crippen molar-refractivity contribution < 1.29 is 18.0 Å². The summed E-state index contributed by atoms with van der Waals surface area (Å²) in [5.41, 5.74) is -0.299.